The predicted molar refractivity (Wildman–Crippen MR) is 121 cm³/mol. The van der Waals surface area contributed by atoms with Crippen LogP contribution in [-0.2, 0) is 4.74 Å². The van der Waals surface area contributed by atoms with Crippen LogP contribution in [0.1, 0.15) is 43.0 Å². The SMILES string of the molecule is Cc1cccc(C)c1N=C1OC(=O)c2cccc3c(C(=O)c4ccccc4)ccc1c23. The van der Waals surface area contributed by atoms with Crippen LogP contribution >= 0.6 is 0 Å². The van der Waals surface area contributed by atoms with Gasteiger partial charge in [-0.1, -0.05) is 60.7 Å². The summed E-state index contributed by atoms with van der Waals surface area (Å²) in [6.45, 7) is 3.95. The second kappa shape index (κ2) is 7.33. The zero-order valence-corrected chi connectivity index (χ0v) is 17.2. The van der Waals surface area contributed by atoms with Gasteiger partial charge in [0.25, 0.3) is 0 Å². The molecule has 0 fully saturated rings. The molecule has 4 aromatic carbocycles. The second-order valence-electron chi connectivity index (χ2n) is 7.63. The van der Waals surface area contributed by atoms with Crippen molar-refractivity contribution in [2.75, 3.05) is 0 Å². The molecule has 0 amide bonds. The lowest BCUT2D eigenvalue weighted by molar-refractivity contribution is 0.0716. The lowest BCUT2D eigenvalue weighted by Crippen LogP contribution is -2.21. The van der Waals surface area contributed by atoms with E-state index in [1.165, 1.54) is 0 Å². The van der Waals surface area contributed by atoms with Crippen molar-refractivity contribution in [2.45, 2.75) is 13.8 Å². The highest BCUT2D eigenvalue weighted by Crippen LogP contribution is 2.34. The third-order valence-corrected chi connectivity index (χ3v) is 5.61. The fraction of sp³-hybridized carbons (Fsp3) is 0.0741. The van der Waals surface area contributed by atoms with Gasteiger partial charge in [0, 0.05) is 22.1 Å². The minimum atomic E-state index is -0.465. The summed E-state index contributed by atoms with van der Waals surface area (Å²) in [5.41, 5.74) is 5.07. The molecular weight excluding hydrogens is 386 g/mol. The van der Waals surface area contributed by atoms with Gasteiger partial charge in [-0.05, 0) is 48.6 Å². The Balaban J connectivity index is 1.75. The van der Waals surface area contributed by atoms with Crippen LogP contribution in [0.5, 0.6) is 0 Å². The zero-order chi connectivity index (χ0) is 21.5. The molecule has 4 nitrogen and oxygen atoms in total. The number of aliphatic imine (C=N–C) groups is 1. The van der Waals surface area contributed by atoms with Crippen molar-refractivity contribution in [3.8, 4) is 0 Å². The van der Waals surface area contributed by atoms with Crippen LogP contribution < -0.4 is 0 Å². The molecule has 5 rings (SSSR count). The van der Waals surface area contributed by atoms with Gasteiger partial charge in [-0.25, -0.2) is 9.79 Å². The first-order valence-electron chi connectivity index (χ1n) is 10.1. The average Bonchev–Trinajstić information content (AvgIpc) is 2.79. The number of esters is 1. The van der Waals surface area contributed by atoms with Crippen LogP contribution in [0.4, 0.5) is 5.69 Å². The number of cyclic esters (lactones) is 1. The first-order valence-corrected chi connectivity index (χ1v) is 10.1. The summed E-state index contributed by atoms with van der Waals surface area (Å²) in [5.74, 6) is -0.298. The van der Waals surface area contributed by atoms with Gasteiger partial charge in [0.15, 0.2) is 5.78 Å². The number of carbonyl (C=O) groups is 2. The summed E-state index contributed by atoms with van der Waals surface area (Å²) in [4.78, 5) is 30.7. The van der Waals surface area contributed by atoms with Gasteiger partial charge in [0.1, 0.15) is 0 Å². The van der Waals surface area contributed by atoms with Crippen molar-refractivity contribution in [3.63, 3.8) is 0 Å². The molecule has 1 aliphatic rings. The van der Waals surface area contributed by atoms with Gasteiger partial charge in [0.05, 0.1) is 11.3 Å². The van der Waals surface area contributed by atoms with E-state index in [0.29, 0.717) is 27.6 Å². The van der Waals surface area contributed by atoms with Crippen LogP contribution in [0.2, 0.25) is 0 Å². The largest absolute Gasteiger partial charge is 0.403 e. The lowest BCUT2D eigenvalue weighted by Gasteiger charge is -2.20. The summed E-state index contributed by atoms with van der Waals surface area (Å²) in [6.07, 6.45) is 0. The number of rotatable bonds is 3. The maximum atomic E-state index is 13.2. The van der Waals surface area contributed by atoms with E-state index < -0.39 is 5.97 Å². The van der Waals surface area contributed by atoms with Crippen LogP contribution in [-0.4, -0.2) is 17.7 Å². The Morgan fingerprint density at radius 3 is 2.23 bits per heavy atom. The highest BCUT2D eigenvalue weighted by molar-refractivity contribution is 6.26. The molecule has 1 aliphatic heterocycles. The van der Waals surface area contributed by atoms with Crippen molar-refractivity contribution in [2.24, 2.45) is 4.99 Å². The maximum absolute atomic E-state index is 13.2. The second-order valence-corrected chi connectivity index (χ2v) is 7.63. The van der Waals surface area contributed by atoms with E-state index in [2.05, 4.69) is 0 Å². The molecule has 0 aliphatic carbocycles. The Kier molecular flexibility index (Phi) is 4.48. The van der Waals surface area contributed by atoms with Gasteiger partial charge in [-0.3, -0.25) is 4.79 Å². The first kappa shape index (κ1) is 18.9. The van der Waals surface area contributed by atoms with Crippen LogP contribution in [0.3, 0.4) is 0 Å². The number of ether oxygens (including phenoxy) is 1. The quantitative estimate of drug-likeness (QED) is 0.313. The minimum Gasteiger partial charge on any atom is -0.403 e. The molecule has 0 N–H and O–H groups in total. The van der Waals surface area contributed by atoms with E-state index >= 15 is 0 Å². The van der Waals surface area contributed by atoms with Gasteiger partial charge in [-0.15, -0.1) is 0 Å². The van der Waals surface area contributed by atoms with Gasteiger partial charge in [-0.2, -0.15) is 0 Å². The smallest absolute Gasteiger partial charge is 0.345 e. The monoisotopic (exact) mass is 405 g/mol. The van der Waals surface area contributed by atoms with Crippen LogP contribution in [0.25, 0.3) is 10.8 Å². The molecule has 0 radical (unpaired) electrons. The van der Waals surface area contributed by atoms with E-state index in [0.717, 1.165) is 22.2 Å². The molecule has 0 bridgehead atoms. The number of aryl methyl sites for hydroxylation is 2. The summed E-state index contributed by atoms with van der Waals surface area (Å²) in [7, 11) is 0. The minimum absolute atomic E-state index is 0.0866. The van der Waals surface area contributed by atoms with E-state index in [9.17, 15) is 9.59 Å². The third-order valence-electron chi connectivity index (χ3n) is 5.61. The Labute approximate surface area is 179 Å². The highest BCUT2D eigenvalue weighted by Gasteiger charge is 2.28. The molecule has 0 unspecified atom stereocenters. The molecule has 0 saturated heterocycles. The fourth-order valence-electron chi connectivity index (χ4n) is 4.06. The van der Waals surface area contributed by atoms with Gasteiger partial charge >= 0.3 is 5.97 Å². The van der Waals surface area contributed by atoms with E-state index in [1.54, 1.807) is 30.3 Å². The summed E-state index contributed by atoms with van der Waals surface area (Å²) in [6, 6.07) is 24.0. The summed E-state index contributed by atoms with van der Waals surface area (Å²) < 4.78 is 5.63. The molecule has 0 spiro atoms. The maximum Gasteiger partial charge on any atom is 0.345 e. The highest BCUT2D eigenvalue weighted by atomic mass is 16.5. The molecule has 0 aromatic heterocycles. The van der Waals surface area contributed by atoms with Crippen LogP contribution in [0, 0.1) is 13.8 Å². The van der Waals surface area contributed by atoms with Gasteiger partial charge in [0.2, 0.25) is 5.90 Å². The summed E-state index contributed by atoms with van der Waals surface area (Å²) in [5, 5.41) is 1.42. The number of nitrogens with zero attached hydrogens (tertiary/aromatic N) is 1. The number of carbonyl (C=O) groups excluding carboxylic acids is 2. The molecule has 4 aromatic rings. The Hall–Kier alpha value is -4.05. The van der Waals surface area contributed by atoms with Crippen molar-refractivity contribution in [1.29, 1.82) is 0 Å². The Bertz CT molecular complexity index is 1380. The lowest BCUT2D eigenvalue weighted by atomic mass is 9.90. The third kappa shape index (κ3) is 3.13. The normalized spacial score (nSPS) is 14.0. The fourth-order valence-corrected chi connectivity index (χ4v) is 4.06. The van der Waals surface area contributed by atoms with Crippen molar-refractivity contribution in [1.82, 2.24) is 0 Å². The standard InChI is InChI=1S/C27H19NO3/c1-16-8-6-9-17(2)24(16)28-26-21-15-14-20(25(29)18-10-4-3-5-11-18)19-12-7-13-22(23(19)21)27(30)31-26/h3-15H,1-2H3. The number of para-hydroxylation sites is 1. The predicted octanol–water partition coefficient (Wildman–Crippen LogP) is 5.94. The Morgan fingerprint density at radius 1 is 0.774 bits per heavy atom. The summed E-state index contributed by atoms with van der Waals surface area (Å²) >= 11 is 0. The molecule has 150 valence electrons. The first-order chi connectivity index (χ1) is 15.0. The molecule has 31 heavy (non-hydrogen) atoms. The Morgan fingerprint density at radius 2 is 1.48 bits per heavy atom. The van der Waals surface area contributed by atoms with E-state index in [-0.39, 0.29) is 11.7 Å². The van der Waals surface area contributed by atoms with E-state index in [1.807, 2.05) is 62.4 Å². The van der Waals surface area contributed by atoms with Crippen molar-refractivity contribution < 1.29 is 14.3 Å². The van der Waals surface area contributed by atoms with Crippen LogP contribution in [0.15, 0.2) is 83.9 Å². The molecular formula is C27H19NO3. The number of benzene rings is 4. The molecule has 1 heterocycles. The molecule has 4 heteroatoms. The number of ketones is 1. The topological polar surface area (TPSA) is 55.7 Å². The van der Waals surface area contributed by atoms with Crippen molar-refractivity contribution in [3.05, 3.63) is 112 Å². The van der Waals surface area contributed by atoms with Crippen molar-refractivity contribution >= 4 is 34.1 Å². The molecule has 0 saturated carbocycles. The zero-order valence-electron chi connectivity index (χ0n) is 17.2. The van der Waals surface area contributed by atoms with Gasteiger partial charge < -0.3 is 4.74 Å². The van der Waals surface area contributed by atoms with E-state index in [4.69, 9.17) is 9.73 Å². The number of hydrogen-bond acceptors (Lipinski definition) is 4. The molecule has 0 atom stereocenters. The average molecular weight is 405 g/mol. The number of hydrogen-bond donors (Lipinski definition) is 0.